The van der Waals surface area contributed by atoms with Gasteiger partial charge in [0.15, 0.2) is 5.78 Å². The number of methoxy groups -OCH3 is 1. The van der Waals surface area contributed by atoms with Crippen molar-refractivity contribution >= 4 is 44.4 Å². The van der Waals surface area contributed by atoms with Crippen LogP contribution in [0.15, 0.2) is 42.6 Å². The van der Waals surface area contributed by atoms with Crippen molar-refractivity contribution in [2.45, 2.75) is 128 Å². The fourth-order valence-corrected chi connectivity index (χ4v) is 9.62. The summed E-state index contributed by atoms with van der Waals surface area (Å²) in [6.45, 7) is 8.17. The van der Waals surface area contributed by atoms with E-state index in [0.717, 1.165) is 24.8 Å². The summed E-state index contributed by atoms with van der Waals surface area (Å²) in [6, 6.07) is 4.99. The van der Waals surface area contributed by atoms with E-state index < -0.39 is 56.6 Å². The molecule has 1 saturated heterocycles. The normalized spacial score (nSPS) is 25.9. The molecule has 4 heterocycles. The Bertz CT molecular complexity index is 2220. The number of nitrogens with one attached hydrogen (secondary N) is 2. The van der Waals surface area contributed by atoms with E-state index in [1.807, 2.05) is 52.0 Å². The van der Waals surface area contributed by atoms with Crippen molar-refractivity contribution in [2.24, 2.45) is 11.3 Å². The van der Waals surface area contributed by atoms with E-state index in [-0.39, 0.29) is 42.9 Å². The van der Waals surface area contributed by atoms with Crippen molar-refractivity contribution in [2.75, 3.05) is 13.7 Å². The third-order valence-electron chi connectivity index (χ3n) is 11.7. The number of hydrogen-bond donors (Lipinski definition) is 2. The van der Waals surface area contributed by atoms with E-state index in [4.69, 9.17) is 19.2 Å². The van der Waals surface area contributed by atoms with Gasteiger partial charge >= 0.3 is 0 Å². The van der Waals surface area contributed by atoms with Crippen LogP contribution in [0.3, 0.4) is 0 Å². The predicted octanol–water partition coefficient (Wildman–Crippen LogP) is 4.80. The molecule has 4 aliphatic rings. The fourth-order valence-electron chi connectivity index (χ4n) is 8.24. The Morgan fingerprint density at radius 2 is 1.86 bits per heavy atom. The highest BCUT2D eigenvalue weighted by Gasteiger charge is 2.61. The number of ether oxygens (including phenoxy) is 3. The first-order chi connectivity index (χ1) is 27.7. The number of fused-ring (bicyclic) bond motifs is 3. The molecule has 3 fully saturated rings. The van der Waals surface area contributed by atoms with Gasteiger partial charge in [0.25, 0.3) is 5.91 Å². The monoisotopic (exact) mass is 818 g/mol. The molecular formula is C42H54N6O9S. The van der Waals surface area contributed by atoms with Crippen molar-refractivity contribution in [3.05, 3.63) is 53.9 Å². The van der Waals surface area contributed by atoms with E-state index in [0.29, 0.717) is 66.9 Å². The number of sulfonamides is 1. The summed E-state index contributed by atoms with van der Waals surface area (Å²) >= 11 is 0. The second kappa shape index (κ2) is 16.7. The minimum Gasteiger partial charge on any atom is -0.496 e. The van der Waals surface area contributed by atoms with E-state index in [1.54, 1.807) is 30.1 Å². The van der Waals surface area contributed by atoms with E-state index >= 15 is 0 Å². The summed E-state index contributed by atoms with van der Waals surface area (Å²) in [6.07, 6.45) is 9.17. The first-order valence-corrected chi connectivity index (χ1v) is 22.0. The Labute approximate surface area is 339 Å². The molecule has 2 saturated carbocycles. The van der Waals surface area contributed by atoms with Gasteiger partial charge in [0.2, 0.25) is 27.7 Å². The van der Waals surface area contributed by atoms with Gasteiger partial charge in [0.05, 0.1) is 42.0 Å². The molecule has 0 unspecified atom stereocenters. The maximum Gasteiger partial charge on any atom is 0.272 e. The molecule has 0 spiro atoms. The van der Waals surface area contributed by atoms with Gasteiger partial charge in [-0.05, 0) is 90.3 Å². The smallest absolute Gasteiger partial charge is 0.272 e. The van der Waals surface area contributed by atoms with Crippen LogP contribution in [0.25, 0.3) is 10.9 Å². The third-order valence-corrected chi connectivity index (χ3v) is 13.5. The van der Waals surface area contributed by atoms with Crippen LogP contribution in [0.5, 0.6) is 17.4 Å². The van der Waals surface area contributed by atoms with E-state index in [9.17, 15) is 27.6 Å². The van der Waals surface area contributed by atoms with Crippen LogP contribution in [-0.4, -0.2) is 94.8 Å². The molecule has 16 heteroatoms. The summed E-state index contributed by atoms with van der Waals surface area (Å²) in [4.78, 5) is 63.1. The van der Waals surface area contributed by atoms with E-state index in [1.165, 1.54) is 4.90 Å². The molecule has 3 aromatic rings. The highest BCUT2D eigenvalue weighted by atomic mass is 32.2. The molecule has 15 nitrogen and oxygen atoms in total. The van der Waals surface area contributed by atoms with Gasteiger partial charge in [-0.3, -0.25) is 28.6 Å². The molecule has 2 aromatic heterocycles. The zero-order chi connectivity index (χ0) is 41.4. The topological polar surface area (TPSA) is 188 Å². The summed E-state index contributed by atoms with van der Waals surface area (Å²) in [5, 5.41) is 7.33. The van der Waals surface area contributed by atoms with Gasteiger partial charge in [-0.25, -0.2) is 13.4 Å². The maximum atomic E-state index is 14.8. The number of aromatic nitrogens is 3. The lowest BCUT2D eigenvalue weighted by molar-refractivity contribution is -0.140. The van der Waals surface area contributed by atoms with Crippen LogP contribution in [0.4, 0.5) is 0 Å². The SMILES string of the molecule is CCn1ccc(C(=O)N[C@H]2CCCCC/C=C\[C@@H]3C[C@@]3(C(=O)NS(=O)(=O)C3CC3)CC(=O)[C@@H]3C[C@@H](Oc4cc(OC(C)C)nc5c(C)c(OC)ccc45)CN3C2=O)n1. The quantitative estimate of drug-likeness (QED) is 0.253. The predicted molar refractivity (Wildman–Crippen MR) is 215 cm³/mol. The van der Waals surface area contributed by atoms with Crippen LogP contribution < -0.4 is 24.2 Å². The Balaban J connectivity index is 1.23. The first-order valence-electron chi connectivity index (χ1n) is 20.4. The Hall–Kier alpha value is -4.99. The van der Waals surface area contributed by atoms with Crippen LogP contribution in [0, 0.1) is 18.3 Å². The molecule has 7 rings (SSSR count). The molecule has 2 aliphatic heterocycles. The molecule has 0 radical (unpaired) electrons. The number of aryl methyl sites for hydroxylation is 2. The summed E-state index contributed by atoms with van der Waals surface area (Å²) in [7, 11) is -2.28. The lowest BCUT2D eigenvalue weighted by Crippen LogP contribution is -2.52. The average Bonchev–Trinajstić information content (AvgIpc) is 4.06. The zero-order valence-electron chi connectivity index (χ0n) is 33.9. The van der Waals surface area contributed by atoms with Crippen molar-refractivity contribution in [3.63, 3.8) is 0 Å². The fraction of sp³-hybridized carbons (Fsp3) is 0.571. The molecule has 5 atom stereocenters. The highest BCUT2D eigenvalue weighted by molar-refractivity contribution is 7.90. The number of hydrogen-bond acceptors (Lipinski definition) is 11. The number of nitrogens with zero attached hydrogens (tertiary/aromatic N) is 4. The van der Waals surface area contributed by atoms with Crippen molar-refractivity contribution in [1.29, 1.82) is 0 Å². The third kappa shape index (κ3) is 8.71. The maximum absolute atomic E-state index is 14.8. The Kier molecular flexibility index (Phi) is 11.9. The standard InChI is InChI=1S/C42H54N6O9S/c1-6-47-19-18-31(45-47)39(50)43-32-13-11-9-7-8-10-12-27-22-42(27,41(52)46-58(53,54)29-14-15-29)23-34(49)33-20-28(24-48(33)40(32)51)57-36-21-37(56-25(2)3)44-38-26(4)35(55-5)17-16-30(36)38/h10,12,16-19,21,25,27-29,32-33H,6-9,11,13-15,20,22-24H2,1-5H3,(H,43,50)(H,46,52)/b12-10-/t27-,28-,32+,33+,42-/m1/s1. The van der Waals surface area contributed by atoms with Gasteiger partial charge in [0, 0.05) is 42.6 Å². The molecular weight excluding hydrogens is 765 g/mol. The van der Waals surface area contributed by atoms with Crippen LogP contribution in [-0.2, 0) is 31.0 Å². The number of benzene rings is 1. The number of carbonyl (C=O) groups is 4. The second-order valence-corrected chi connectivity index (χ2v) is 18.3. The average molecular weight is 819 g/mol. The van der Waals surface area contributed by atoms with Crippen molar-refractivity contribution in [3.8, 4) is 17.4 Å². The zero-order valence-corrected chi connectivity index (χ0v) is 34.7. The summed E-state index contributed by atoms with van der Waals surface area (Å²) in [5.41, 5.74) is 0.306. The number of pyridine rings is 1. The van der Waals surface area contributed by atoms with Gasteiger partial charge in [-0.1, -0.05) is 25.0 Å². The van der Waals surface area contributed by atoms with Gasteiger partial charge in [-0.15, -0.1) is 0 Å². The van der Waals surface area contributed by atoms with Crippen LogP contribution >= 0.6 is 0 Å². The molecule has 1 aromatic carbocycles. The van der Waals surface area contributed by atoms with Gasteiger partial charge in [0.1, 0.15) is 29.3 Å². The van der Waals surface area contributed by atoms with Gasteiger partial charge < -0.3 is 24.4 Å². The molecule has 3 amide bonds. The molecule has 312 valence electrons. The number of Topliss-reactive ketones (excluding diaryl/α,β-unsaturated/α-hetero) is 1. The number of amides is 3. The first kappa shape index (κ1) is 41.2. The number of carbonyl (C=O) groups excluding carboxylic acids is 4. The summed E-state index contributed by atoms with van der Waals surface area (Å²) in [5.74, 6) is -0.896. The minimum atomic E-state index is -3.87. The molecule has 0 bridgehead atoms. The molecule has 2 N–H and O–H groups in total. The van der Waals surface area contributed by atoms with Gasteiger partial charge in [-0.2, -0.15) is 5.10 Å². The van der Waals surface area contributed by atoms with Crippen molar-refractivity contribution < 1.29 is 41.8 Å². The summed E-state index contributed by atoms with van der Waals surface area (Å²) < 4.78 is 48.1. The minimum absolute atomic E-state index is 0.0178. The largest absolute Gasteiger partial charge is 0.496 e. The Morgan fingerprint density at radius 3 is 2.57 bits per heavy atom. The number of rotatable bonds is 11. The Morgan fingerprint density at radius 1 is 1.07 bits per heavy atom. The highest BCUT2D eigenvalue weighted by Crippen LogP contribution is 2.57. The van der Waals surface area contributed by atoms with Crippen molar-refractivity contribution in [1.82, 2.24) is 29.7 Å². The van der Waals surface area contributed by atoms with Crippen LogP contribution in [0.2, 0.25) is 0 Å². The second-order valence-electron chi connectivity index (χ2n) is 16.3. The van der Waals surface area contributed by atoms with Crippen LogP contribution in [0.1, 0.15) is 101 Å². The molecule has 2 aliphatic carbocycles. The lowest BCUT2D eigenvalue weighted by Gasteiger charge is -2.29. The molecule has 58 heavy (non-hydrogen) atoms. The van der Waals surface area contributed by atoms with E-state index in [2.05, 4.69) is 15.1 Å². The number of ketones is 1. The lowest BCUT2D eigenvalue weighted by atomic mass is 9.91. The number of allylic oxidation sites excluding steroid dienone is 2.